The molecule has 3 heteroatoms. The van der Waals surface area contributed by atoms with Crippen LogP contribution >= 0.6 is 0 Å². The van der Waals surface area contributed by atoms with Crippen molar-refractivity contribution < 1.29 is 9.47 Å². The standard InChI is InChI=1S/C16H19NO2/c1-13-7-9-14(10-8-13)17-11-12-19-16-6-4-3-5-15(16)18-2/h3-10,17H,11-12H2,1-2H3. The summed E-state index contributed by atoms with van der Waals surface area (Å²) in [6.45, 7) is 3.42. The highest BCUT2D eigenvalue weighted by molar-refractivity contribution is 5.44. The van der Waals surface area contributed by atoms with E-state index in [2.05, 4.69) is 36.5 Å². The molecule has 2 aromatic carbocycles. The maximum atomic E-state index is 5.69. The lowest BCUT2D eigenvalue weighted by molar-refractivity contribution is 0.306. The number of aryl methyl sites for hydroxylation is 1. The molecule has 0 amide bonds. The highest BCUT2D eigenvalue weighted by Crippen LogP contribution is 2.25. The predicted molar refractivity (Wildman–Crippen MR) is 78.2 cm³/mol. The highest BCUT2D eigenvalue weighted by atomic mass is 16.5. The third kappa shape index (κ3) is 3.91. The summed E-state index contributed by atoms with van der Waals surface area (Å²) >= 11 is 0. The molecule has 2 aromatic rings. The van der Waals surface area contributed by atoms with Crippen molar-refractivity contribution in [2.75, 3.05) is 25.6 Å². The van der Waals surface area contributed by atoms with E-state index < -0.39 is 0 Å². The van der Waals surface area contributed by atoms with Gasteiger partial charge in [0.15, 0.2) is 11.5 Å². The molecule has 1 N–H and O–H groups in total. The minimum Gasteiger partial charge on any atom is -0.493 e. The van der Waals surface area contributed by atoms with Gasteiger partial charge in [-0.15, -0.1) is 0 Å². The van der Waals surface area contributed by atoms with Crippen LogP contribution in [0.5, 0.6) is 11.5 Å². The number of rotatable bonds is 6. The van der Waals surface area contributed by atoms with Crippen LogP contribution in [-0.2, 0) is 0 Å². The van der Waals surface area contributed by atoms with Crippen LogP contribution in [-0.4, -0.2) is 20.3 Å². The fourth-order valence-electron chi connectivity index (χ4n) is 1.77. The molecule has 0 saturated carbocycles. The van der Waals surface area contributed by atoms with Crippen molar-refractivity contribution in [3.8, 4) is 11.5 Å². The van der Waals surface area contributed by atoms with Crippen LogP contribution in [0.15, 0.2) is 48.5 Å². The summed E-state index contributed by atoms with van der Waals surface area (Å²) in [5.41, 5.74) is 2.37. The number of ether oxygens (including phenoxy) is 2. The Kier molecular flexibility index (Phi) is 4.67. The van der Waals surface area contributed by atoms with Crippen molar-refractivity contribution in [1.82, 2.24) is 0 Å². The minimum absolute atomic E-state index is 0.592. The number of benzene rings is 2. The number of methoxy groups -OCH3 is 1. The van der Waals surface area contributed by atoms with E-state index in [0.717, 1.165) is 23.7 Å². The van der Waals surface area contributed by atoms with Crippen molar-refractivity contribution in [1.29, 1.82) is 0 Å². The van der Waals surface area contributed by atoms with Crippen molar-refractivity contribution in [3.63, 3.8) is 0 Å². The summed E-state index contributed by atoms with van der Waals surface area (Å²) < 4.78 is 10.9. The Morgan fingerprint density at radius 1 is 0.947 bits per heavy atom. The van der Waals surface area contributed by atoms with E-state index in [9.17, 15) is 0 Å². The van der Waals surface area contributed by atoms with E-state index in [1.54, 1.807) is 7.11 Å². The van der Waals surface area contributed by atoms with Gasteiger partial charge < -0.3 is 14.8 Å². The predicted octanol–water partition coefficient (Wildman–Crippen LogP) is 3.49. The monoisotopic (exact) mass is 257 g/mol. The maximum absolute atomic E-state index is 5.69. The summed E-state index contributed by atoms with van der Waals surface area (Å²) in [4.78, 5) is 0. The van der Waals surface area contributed by atoms with Gasteiger partial charge in [-0.2, -0.15) is 0 Å². The minimum atomic E-state index is 0.592. The largest absolute Gasteiger partial charge is 0.493 e. The molecule has 0 fully saturated rings. The molecule has 19 heavy (non-hydrogen) atoms. The normalized spacial score (nSPS) is 10.0. The van der Waals surface area contributed by atoms with E-state index >= 15 is 0 Å². The van der Waals surface area contributed by atoms with E-state index in [4.69, 9.17) is 9.47 Å². The lowest BCUT2D eigenvalue weighted by Gasteiger charge is -2.11. The van der Waals surface area contributed by atoms with Crippen LogP contribution in [0, 0.1) is 6.92 Å². The first-order valence-corrected chi connectivity index (χ1v) is 6.36. The molecule has 0 spiro atoms. The third-order valence-electron chi connectivity index (χ3n) is 2.81. The Labute approximate surface area is 114 Å². The van der Waals surface area contributed by atoms with Gasteiger partial charge in [-0.3, -0.25) is 0 Å². The molecule has 0 bridgehead atoms. The molecule has 0 unspecified atom stereocenters. The van der Waals surface area contributed by atoms with Gasteiger partial charge in [0, 0.05) is 12.2 Å². The molecule has 0 heterocycles. The summed E-state index contributed by atoms with van der Waals surface area (Å²) in [6.07, 6.45) is 0. The number of anilines is 1. The van der Waals surface area contributed by atoms with Crippen molar-refractivity contribution in [3.05, 3.63) is 54.1 Å². The third-order valence-corrected chi connectivity index (χ3v) is 2.81. The summed E-state index contributed by atoms with van der Waals surface area (Å²) in [5.74, 6) is 1.54. The average Bonchev–Trinajstić information content (AvgIpc) is 2.46. The highest BCUT2D eigenvalue weighted by Gasteiger charge is 2.01. The van der Waals surface area contributed by atoms with Crippen LogP contribution in [0.2, 0.25) is 0 Å². The van der Waals surface area contributed by atoms with Gasteiger partial charge in [-0.25, -0.2) is 0 Å². The molecule has 0 aromatic heterocycles. The van der Waals surface area contributed by atoms with Gasteiger partial charge >= 0.3 is 0 Å². The molecule has 0 aliphatic heterocycles. The second-order valence-electron chi connectivity index (χ2n) is 4.29. The average molecular weight is 257 g/mol. The Bertz CT molecular complexity index is 508. The fourth-order valence-corrected chi connectivity index (χ4v) is 1.77. The topological polar surface area (TPSA) is 30.5 Å². The number of hydrogen-bond donors (Lipinski definition) is 1. The summed E-state index contributed by atoms with van der Waals surface area (Å²) in [5, 5.41) is 3.31. The molecule has 0 aliphatic rings. The lowest BCUT2D eigenvalue weighted by Crippen LogP contribution is -2.11. The Morgan fingerprint density at radius 3 is 2.32 bits per heavy atom. The zero-order valence-electron chi connectivity index (χ0n) is 11.3. The number of nitrogens with one attached hydrogen (secondary N) is 1. The van der Waals surface area contributed by atoms with Crippen molar-refractivity contribution in [2.45, 2.75) is 6.92 Å². The molecule has 0 aliphatic carbocycles. The molecular weight excluding hydrogens is 238 g/mol. The first-order valence-electron chi connectivity index (χ1n) is 6.36. The van der Waals surface area contributed by atoms with Crippen molar-refractivity contribution >= 4 is 5.69 Å². The zero-order valence-corrected chi connectivity index (χ0v) is 11.3. The molecule has 3 nitrogen and oxygen atoms in total. The van der Waals surface area contributed by atoms with E-state index in [0.29, 0.717) is 6.61 Å². The maximum Gasteiger partial charge on any atom is 0.161 e. The molecular formula is C16H19NO2. The van der Waals surface area contributed by atoms with Gasteiger partial charge in [0.1, 0.15) is 6.61 Å². The smallest absolute Gasteiger partial charge is 0.161 e. The second kappa shape index (κ2) is 6.69. The SMILES string of the molecule is COc1ccccc1OCCNc1ccc(C)cc1. The molecule has 0 saturated heterocycles. The fraction of sp³-hybridized carbons (Fsp3) is 0.250. The van der Waals surface area contributed by atoms with E-state index in [1.807, 2.05) is 24.3 Å². The Balaban J connectivity index is 1.79. The van der Waals surface area contributed by atoms with E-state index in [1.165, 1.54) is 5.56 Å². The Hall–Kier alpha value is -2.16. The van der Waals surface area contributed by atoms with Gasteiger partial charge in [0.05, 0.1) is 7.11 Å². The molecule has 0 radical (unpaired) electrons. The van der Waals surface area contributed by atoms with Crippen LogP contribution in [0.4, 0.5) is 5.69 Å². The molecule has 100 valence electrons. The number of para-hydroxylation sites is 2. The van der Waals surface area contributed by atoms with Crippen LogP contribution in [0.1, 0.15) is 5.56 Å². The Morgan fingerprint density at radius 2 is 1.63 bits per heavy atom. The molecule has 2 rings (SSSR count). The number of hydrogen-bond acceptors (Lipinski definition) is 3. The van der Waals surface area contributed by atoms with Crippen molar-refractivity contribution in [2.24, 2.45) is 0 Å². The van der Waals surface area contributed by atoms with Crippen LogP contribution in [0.25, 0.3) is 0 Å². The quantitative estimate of drug-likeness (QED) is 0.803. The van der Waals surface area contributed by atoms with Gasteiger partial charge in [0.2, 0.25) is 0 Å². The van der Waals surface area contributed by atoms with Crippen LogP contribution in [0.3, 0.4) is 0 Å². The van der Waals surface area contributed by atoms with Gasteiger partial charge in [-0.1, -0.05) is 29.8 Å². The van der Waals surface area contributed by atoms with Crippen LogP contribution < -0.4 is 14.8 Å². The second-order valence-corrected chi connectivity index (χ2v) is 4.29. The first-order chi connectivity index (χ1) is 9.29. The summed E-state index contributed by atoms with van der Waals surface area (Å²) in [7, 11) is 1.65. The van der Waals surface area contributed by atoms with Gasteiger partial charge in [0.25, 0.3) is 0 Å². The zero-order chi connectivity index (χ0) is 13.5. The summed E-state index contributed by atoms with van der Waals surface area (Å²) in [6, 6.07) is 16.0. The lowest BCUT2D eigenvalue weighted by atomic mass is 10.2. The van der Waals surface area contributed by atoms with Gasteiger partial charge in [-0.05, 0) is 31.2 Å². The van der Waals surface area contributed by atoms with E-state index in [-0.39, 0.29) is 0 Å². The first kappa shape index (κ1) is 13.3. The molecule has 0 atom stereocenters.